The predicted molar refractivity (Wildman–Crippen MR) is 66.8 cm³/mol. The number of nitrogens with two attached hydrogens (primary N) is 1. The van der Waals surface area contributed by atoms with Gasteiger partial charge in [-0.05, 0) is 27.7 Å². The molecule has 6 nitrogen and oxygen atoms in total. The van der Waals surface area contributed by atoms with Crippen molar-refractivity contribution in [2.24, 2.45) is 5.73 Å². The molecule has 0 rings (SSSR count). The van der Waals surface area contributed by atoms with E-state index in [2.05, 4.69) is 9.47 Å². The maximum atomic E-state index is 10.6. The number of hydrogen-bond acceptors (Lipinski definition) is 6. The number of Topliss-reactive ketones (excluding diaryl/α,β-unsaturated/α-hetero) is 1. The van der Waals surface area contributed by atoms with Crippen LogP contribution in [0.1, 0.15) is 40.5 Å². The molecular weight excluding hydrogens is 238 g/mol. The van der Waals surface area contributed by atoms with Crippen molar-refractivity contribution in [2.75, 3.05) is 13.2 Å². The van der Waals surface area contributed by atoms with Gasteiger partial charge in [0.05, 0.1) is 19.6 Å². The highest BCUT2D eigenvalue weighted by Crippen LogP contribution is 1.89. The van der Waals surface area contributed by atoms with E-state index in [0.29, 0.717) is 19.6 Å². The van der Waals surface area contributed by atoms with Crippen LogP contribution in [0, 0.1) is 0 Å². The zero-order chi connectivity index (χ0) is 14.6. The van der Waals surface area contributed by atoms with E-state index < -0.39 is 5.97 Å². The van der Waals surface area contributed by atoms with Gasteiger partial charge in [0, 0.05) is 6.04 Å². The quantitative estimate of drug-likeness (QED) is 0.561. The molecule has 0 heterocycles. The molecule has 0 fully saturated rings. The van der Waals surface area contributed by atoms with Crippen molar-refractivity contribution in [2.45, 2.75) is 46.6 Å². The second kappa shape index (κ2) is 12.0. The molecule has 0 aliphatic rings. The smallest absolute Gasteiger partial charge is 0.313 e. The van der Waals surface area contributed by atoms with E-state index in [-0.39, 0.29) is 24.2 Å². The second-order valence-corrected chi connectivity index (χ2v) is 3.67. The minimum Gasteiger partial charge on any atom is -0.466 e. The highest BCUT2D eigenvalue weighted by molar-refractivity contribution is 5.94. The summed E-state index contributed by atoms with van der Waals surface area (Å²) in [6, 6.07) is -0.0935. The fourth-order valence-electron chi connectivity index (χ4n) is 0.898. The van der Waals surface area contributed by atoms with Gasteiger partial charge >= 0.3 is 11.9 Å². The fraction of sp³-hybridized carbons (Fsp3) is 0.750. The van der Waals surface area contributed by atoms with Crippen LogP contribution in [0.4, 0.5) is 0 Å². The molecule has 0 amide bonds. The number of ketones is 1. The molecule has 106 valence electrons. The maximum Gasteiger partial charge on any atom is 0.313 e. The standard InChI is InChI=1S/C6H13NO2.C6H10O3/c2*1-3-9-6(8)4-5(2)7/h5H,3-4,7H2,1-2H3;3-4H2,1-2H3/t5-;/m0./s1. The molecule has 6 heteroatoms. The van der Waals surface area contributed by atoms with E-state index >= 15 is 0 Å². The van der Waals surface area contributed by atoms with E-state index in [4.69, 9.17) is 5.73 Å². The molecular formula is C12H23NO5. The van der Waals surface area contributed by atoms with Crippen LogP contribution in [-0.2, 0) is 23.9 Å². The molecule has 0 radical (unpaired) electrons. The van der Waals surface area contributed by atoms with Crippen LogP contribution >= 0.6 is 0 Å². The Morgan fingerprint density at radius 1 is 1.06 bits per heavy atom. The Morgan fingerprint density at radius 2 is 1.50 bits per heavy atom. The molecule has 0 saturated carbocycles. The molecule has 2 N–H and O–H groups in total. The summed E-state index contributed by atoms with van der Waals surface area (Å²) in [6.07, 6.45) is 0.210. The van der Waals surface area contributed by atoms with Crippen molar-refractivity contribution in [1.82, 2.24) is 0 Å². The molecule has 0 bridgehead atoms. The van der Waals surface area contributed by atoms with Gasteiger partial charge in [-0.1, -0.05) is 0 Å². The van der Waals surface area contributed by atoms with Crippen LogP contribution in [0.2, 0.25) is 0 Å². The Balaban J connectivity index is 0. The van der Waals surface area contributed by atoms with Gasteiger partial charge in [-0.25, -0.2) is 0 Å². The van der Waals surface area contributed by atoms with Crippen LogP contribution in [0.3, 0.4) is 0 Å². The lowest BCUT2D eigenvalue weighted by Gasteiger charge is -2.02. The van der Waals surface area contributed by atoms with Gasteiger partial charge in [0.2, 0.25) is 0 Å². The lowest BCUT2D eigenvalue weighted by molar-refractivity contribution is -0.145. The van der Waals surface area contributed by atoms with Crippen LogP contribution in [0.5, 0.6) is 0 Å². The second-order valence-electron chi connectivity index (χ2n) is 3.67. The van der Waals surface area contributed by atoms with Crippen molar-refractivity contribution in [3.63, 3.8) is 0 Å². The van der Waals surface area contributed by atoms with E-state index in [0.717, 1.165) is 0 Å². The largest absolute Gasteiger partial charge is 0.466 e. The van der Waals surface area contributed by atoms with Gasteiger partial charge < -0.3 is 15.2 Å². The third-order valence-electron chi connectivity index (χ3n) is 1.49. The highest BCUT2D eigenvalue weighted by atomic mass is 16.5. The van der Waals surface area contributed by atoms with Gasteiger partial charge in [0.1, 0.15) is 12.2 Å². The van der Waals surface area contributed by atoms with E-state index in [1.807, 2.05) is 0 Å². The van der Waals surface area contributed by atoms with Crippen molar-refractivity contribution in [3.05, 3.63) is 0 Å². The van der Waals surface area contributed by atoms with Crippen molar-refractivity contribution < 1.29 is 23.9 Å². The van der Waals surface area contributed by atoms with Gasteiger partial charge in [0.15, 0.2) is 0 Å². The van der Waals surface area contributed by atoms with Crippen LogP contribution in [-0.4, -0.2) is 37.0 Å². The van der Waals surface area contributed by atoms with Gasteiger partial charge in [-0.3, -0.25) is 14.4 Å². The molecule has 0 aromatic carbocycles. The Bertz CT molecular complexity index is 263. The summed E-state index contributed by atoms with van der Waals surface area (Å²) in [6.45, 7) is 7.39. The summed E-state index contributed by atoms with van der Waals surface area (Å²) in [5.41, 5.74) is 5.32. The normalized spacial score (nSPS) is 10.7. The molecule has 0 aliphatic carbocycles. The van der Waals surface area contributed by atoms with Crippen LogP contribution < -0.4 is 5.73 Å². The third-order valence-corrected chi connectivity index (χ3v) is 1.49. The molecule has 1 atom stereocenters. The molecule has 0 aliphatic heterocycles. The van der Waals surface area contributed by atoms with E-state index in [9.17, 15) is 14.4 Å². The Hall–Kier alpha value is -1.43. The van der Waals surface area contributed by atoms with Gasteiger partial charge in [-0.15, -0.1) is 0 Å². The van der Waals surface area contributed by atoms with Crippen molar-refractivity contribution >= 4 is 17.7 Å². The first-order valence-electron chi connectivity index (χ1n) is 5.89. The predicted octanol–water partition coefficient (Wildman–Crippen LogP) is 0.815. The van der Waals surface area contributed by atoms with Crippen molar-refractivity contribution in [1.29, 1.82) is 0 Å². The minimum absolute atomic E-state index is 0.0935. The topological polar surface area (TPSA) is 95.7 Å². The van der Waals surface area contributed by atoms with E-state index in [1.165, 1.54) is 6.92 Å². The average molecular weight is 261 g/mol. The van der Waals surface area contributed by atoms with Crippen molar-refractivity contribution in [3.8, 4) is 0 Å². The Morgan fingerprint density at radius 3 is 1.83 bits per heavy atom. The summed E-state index contributed by atoms with van der Waals surface area (Å²) in [5.74, 6) is -0.814. The van der Waals surface area contributed by atoms with E-state index in [1.54, 1.807) is 20.8 Å². The molecule has 0 aromatic heterocycles. The number of carbonyl (C=O) groups excluding carboxylic acids is 3. The minimum atomic E-state index is -0.440. The third kappa shape index (κ3) is 17.0. The highest BCUT2D eigenvalue weighted by Gasteiger charge is 2.04. The SMILES string of the molecule is CCOC(=O)CC(C)=O.CCOC(=O)C[C@H](C)N. The van der Waals surface area contributed by atoms with Gasteiger partial charge in [0.25, 0.3) is 0 Å². The summed E-state index contributed by atoms with van der Waals surface area (Å²) >= 11 is 0. The summed E-state index contributed by atoms with van der Waals surface area (Å²) < 4.78 is 9.13. The molecule has 0 aromatic rings. The molecule has 0 saturated heterocycles. The monoisotopic (exact) mass is 261 g/mol. The number of carbonyl (C=O) groups is 3. The number of hydrogen-bond donors (Lipinski definition) is 1. The van der Waals surface area contributed by atoms with Crippen LogP contribution in [0.25, 0.3) is 0 Å². The number of rotatable bonds is 6. The number of ether oxygens (including phenoxy) is 2. The lowest BCUT2D eigenvalue weighted by Crippen LogP contribution is -2.20. The Labute approximate surface area is 108 Å². The first-order chi connectivity index (χ1) is 8.33. The lowest BCUT2D eigenvalue weighted by atomic mass is 10.3. The molecule has 0 spiro atoms. The average Bonchev–Trinajstić information content (AvgIpc) is 2.16. The summed E-state index contributed by atoms with van der Waals surface area (Å²) in [5, 5.41) is 0. The van der Waals surface area contributed by atoms with Crippen LogP contribution in [0.15, 0.2) is 0 Å². The zero-order valence-corrected chi connectivity index (χ0v) is 11.5. The van der Waals surface area contributed by atoms with Gasteiger partial charge in [-0.2, -0.15) is 0 Å². The fourth-order valence-corrected chi connectivity index (χ4v) is 0.898. The zero-order valence-electron chi connectivity index (χ0n) is 11.5. The summed E-state index contributed by atoms with van der Waals surface area (Å²) in [7, 11) is 0. The first kappa shape index (κ1) is 18.9. The Kier molecular flexibility index (Phi) is 12.7. The molecule has 0 unspecified atom stereocenters. The summed E-state index contributed by atoms with van der Waals surface area (Å²) in [4.78, 5) is 31.2. The maximum absolute atomic E-state index is 10.6. The molecule has 18 heavy (non-hydrogen) atoms. The first-order valence-corrected chi connectivity index (χ1v) is 5.89. The number of esters is 2.